The molecule has 3 atom stereocenters. The van der Waals surface area contributed by atoms with Crippen LogP contribution >= 0.6 is 0 Å². The number of aliphatic carboxylic acids is 1. The minimum atomic E-state index is -0.746. The summed E-state index contributed by atoms with van der Waals surface area (Å²) < 4.78 is 0. The molecular formula is C9H18N2O2. The van der Waals surface area contributed by atoms with Gasteiger partial charge in [-0.1, -0.05) is 0 Å². The molecule has 0 bridgehead atoms. The lowest BCUT2D eigenvalue weighted by Crippen LogP contribution is -2.41. The van der Waals surface area contributed by atoms with Gasteiger partial charge in [0.15, 0.2) is 0 Å². The fourth-order valence-corrected chi connectivity index (χ4v) is 2.02. The molecule has 0 aliphatic carbocycles. The van der Waals surface area contributed by atoms with Gasteiger partial charge in [0.25, 0.3) is 0 Å². The zero-order valence-corrected chi connectivity index (χ0v) is 8.23. The number of carboxylic acid groups (broad SMARTS) is 1. The molecule has 0 aromatic heterocycles. The standard InChI is InChI=1S/C9H18N2O2/c1-6-3-8(4-10)5-11(6)7(2)9(12)13/h6-8H,3-5,10H2,1-2H3,(H,12,13). The molecule has 13 heavy (non-hydrogen) atoms. The number of hydrogen-bond donors (Lipinski definition) is 2. The van der Waals surface area contributed by atoms with Crippen molar-refractivity contribution in [2.75, 3.05) is 13.1 Å². The lowest BCUT2D eigenvalue weighted by atomic mass is 10.1. The van der Waals surface area contributed by atoms with E-state index in [1.807, 2.05) is 4.90 Å². The summed E-state index contributed by atoms with van der Waals surface area (Å²) in [6.45, 7) is 5.28. The monoisotopic (exact) mass is 186 g/mol. The number of rotatable bonds is 3. The van der Waals surface area contributed by atoms with Crippen LogP contribution in [0.4, 0.5) is 0 Å². The summed E-state index contributed by atoms with van der Waals surface area (Å²) in [5.74, 6) is -0.277. The molecule has 4 heteroatoms. The highest BCUT2D eigenvalue weighted by Gasteiger charge is 2.33. The van der Waals surface area contributed by atoms with E-state index in [0.29, 0.717) is 18.5 Å². The van der Waals surface area contributed by atoms with Crippen LogP contribution in [-0.2, 0) is 4.79 Å². The molecule has 0 aromatic rings. The molecule has 0 spiro atoms. The molecule has 1 rings (SSSR count). The average Bonchev–Trinajstić information content (AvgIpc) is 2.45. The van der Waals surface area contributed by atoms with E-state index in [9.17, 15) is 4.79 Å². The summed E-state index contributed by atoms with van der Waals surface area (Å²) in [6.07, 6.45) is 1.02. The van der Waals surface area contributed by atoms with E-state index in [4.69, 9.17) is 10.8 Å². The number of likely N-dealkylation sites (tertiary alicyclic amines) is 1. The van der Waals surface area contributed by atoms with Crippen molar-refractivity contribution in [1.82, 2.24) is 4.90 Å². The molecule has 0 radical (unpaired) electrons. The van der Waals surface area contributed by atoms with Crippen molar-refractivity contribution in [1.29, 1.82) is 0 Å². The van der Waals surface area contributed by atoms with E-state index in [2.05, 4.69) is 6.92 Å². The third-order valence-corrected chi connectivity index (χ3v) is 2.90. The molecule has 1 heterocycles. The maximum absolute atomic E-state index is 10.8. The second-order valence-corrected chi connectivity index (χ2v) is 3.90. The lowest BCUT2D eigenvalue weighted by Gasteiger charge is -2.25. The molecule has 3 unspecified atom stereocenters. The number of hydrogen-bond acceptors (Lipinski definition) is 3. The van der Waals surface area contributed by atoms with Crippen molar-refractivity contribution in [3.05, 3.63) is 0 Å². The number of carbonyl (C=O) groups is 1. The summed E-state index contributed by atoms with van der Waals surface area (Å²) in [5, 5.41) is 8.85. The van der Waals surface area contributed by atoms with Crippen molar-refractivity contribution in [2.24, 2.45) is 11.7 Å². The number of nitrogens with two attached hydrogens (primary N) is 1. The summed E-state index contributed by atoms with van der Waals surface area (Å²) in [4.78, 5) is 12.8. The summed E-state index contributed by atoms with van der Waals surface area (Å²) >= 11 is 0. The fraction of sp³-hybridized carbons (Fsp3) is 0.889. The van der Waals surface area contributed by atoms with Crippen LogP contribution in [-0.4, -0.2) is 41.1 Å². The largest absolute Gasteiger partial charge is 0.480 e. The first-order valence-corrected chi connectivity index (χ1v) is 4.74. The van der Waals surface area contributed by atoms with Crippen LogP contribution in [0.1, 0.15) is 20.3 Å². The van der Waals surface area contributed by atoms with Crippen molar-refractivity contribution >= 4 is 5.97 Å². The summed E-state index contributed by atoms with van der Waals surface area (Å²) in [7, 11) is 0. The minimum absolute atomic E-state index is 0.347. The first kappa shape index (κ1) is 10.5. The van der Waals surface area contributed by atoms with Gasteiger partial charge in [-0.2, -0.15) is 0 Å². The van der Waals surface area contributed by atoms with Gasteiger partial charge in [0.1, 0.15) is 6.04 Å². The highest BCUT2D eigenvalue weighted by atomic mass is 16.4. The minimum Gasteiger partial charge on any atom is -0.480 e. The SMILES string of the molecule is CC1CC(CN)CN1C(C)C(=O)O. The van der Waals surface area contributed by atoms with Crippen LogP contribution in [0.5, 0.6) is 0 Å². The predicted octanol–water partition coefficient (Wildman–Crippen LogP) is 0.129. The Labute approximate surface area is 78.7 Å². The van der Waals surface area contributed by atoms with Gasteiger partial charge in [-0.15, -0.1) is 0 Å². The molecular weight excluding hydrogens is 168 g/mol. The van der Waals surface area contributed by atoms with Gasteiger partial charge in [0, 0.05) is 12.6 Å². The van der Waals surface area contributed by atoms with Crippen LogP contribution < -0.4 is 5.73 Å². The molecule has 0 saturated carbocycles. The van der Waals surface area contributed by atoms with E-state index in [1.54, 1.807) is 6.92 Å². The molecule has 0 aromatic carbocycles. The Morgan fingerprint density at radius 2 is 2.38 bits per heavy atom. The Morgan fingerprint density at radius 1 is 1.77 bits per heavy atom. The van der Waals surface area contributed by atoms with Crippen molar-refractivity contribution in [3.63, 3.8) is 0 Å². The van der Waals surface area contributed by atoms with Gasteiger partial charge in [0.05, 0.1) is 0 Å². The molecule has 1 aliphatic rings. The van der Waals surface area contributed by atoms with Crippen LogP contribution in [0, 0.1) is 5.92 Å². The second kappa shape index (κ2) is 4.07. The van der Waals surface area contributed by atoms with Crippen molar-refractivity contribution in [2.45, 2.75) is 32.4 Å². The second-order valence-electron chi connectivity index (χ2n) is 3.90. The summed E-state index contributed by atoms with van der Waals surface area (Å²) in [5.41, 5.74) is 5.56. The van der Waals surface area contributed by atoms with Crippen LogP contribution in [0.15, 0.2) is 0 Å². The molecule has 1 aliphatic heterocycles. The third-order valence-electron chi connectivity index (χ3n) is 2.90. The van der Waals surface area contributed by atoms with Gasteiger partial charge < -0.3 is 10.8 Å². The Kier molecular flexibility index (Phi) is 3.27. The zero-order chi connectivity index (χ0) is 10.0. The Bertz CT molecular complexity index is 196. The van der Waals surface area contributed by atoms with E-state index >= 15 is 0 Å². The van der Waals surface area contributed by atoms with E-state index in [0.717, 1.165) is 13.0 Å². The van der Waals surface area contributed by atoms with E-state index < -0.39 is 5.97 Å². The van der Waals surface area contributed by atoms with Crippen molar-refractivity contribution in [3.8, 4) is 0 Å². The molecule has 3 N–H and O–H groups in total. The Balaban J connectivity index is 2.56. The molecule has 76 valence electrons. The maximum atomic E-state index is 10.8. The Morgan fingerprint density at radius 3 is 2.77 bits per heavy atom. The first-order valence-electron chi connectivity index (χ1n) is 4.74. The normalized spacial score (nSPS) is 31.9. The van der Waals surface area contributed by atoms with Gasteiger partial charge in [-0.3, -0.25) is 9.69 Å². The van der Waals surface area contributed by atoms with Crippen LogP contribution in [0.2, 0.25) is 0 Å². The summed E-state index contributed by atoms with van der Waals surface area (Å²) in [6, 6.07) is -0.0359. The fourth-order valence-electron chi connectivity index (χ4n) is 2.02. The topological polar surface area (TPSA) is 66.6 Å². The van der Waals surface area contributed by atoms with Crippen LogP contribution in [0.3, 0.4) is 0 Å². The zero-order valence-electron chi connectivity index (χ0n) is 8.23. The van der Waals surface area contributed by atoms with Gasteiger partial charge >= 0.3 is 5.97 Å². The van der Waals surface area contributed by atoms with Crippen molar-refractivity contribution < 1.29 is 9.90 Å². The van der Waals surface area contributed by atoms with E-state index in [1.165, 1.54) is 0 Å². The third kappa shape index (κ3) is 2.19. The highest BCUT2D eigenvalue weighted by molar-refractivity contribution is 5.73. The number of carboxylic acids is 1. The van der Waals surface area contributed by atoms with Gasteiger partial charge in [0.2, 0.25) is 0 Å². The molecule has 4 nitrogen and oxygen atoms in total. The molecule has 1 fully saturated rings. The molecule has 1 saturated heterocycles. The van der Waals surface area contributed by atoms with Crippen LogP contribution in [0.25, 0.3) is 0 Å². The Hall–Kier alpha value is -0.610. The number of nitrogens with zero attached hydrogens (tertiary/aromatic N) is 1. The maximum Gasteiger partial charge on any atom is 0.320 e. The smallest absolute Gasteiger partial charge is 0.320 e. The average molecular weight is 186 g/mol. The van der Waals surface area contributed by atoms with Gasteiger partial charge in [-0.25, -0.2) is 0 Å². The first-order chi connectivity index (χ1) is 6.06. The predicted molar refractivity (Wildman–Crippen MR) is 50.4 cm³/mol. The van der Waals surface area contributed by atoms with E-state index in [-0.39, 0.29) is 6.04 Å². The van der Waals surface area contributed by atoms with Gasteiger partial charge in [-0.05, 0) is 32.7 Å². The highest BCUT2D eigenvalue weighted by Crippen LogP contribution is 2.24. The quantitative estimate of drug-likeness (QED) is 0.657. The lowest BCUT2D eigenvalue weighted by molar-refractivity contribution is -0.142. The molecule has 0 amide bonds.